The Labute approximate surface area is 212 Å². The molecule has 6 nitrogen and oxygen atoms in total. The average molecular weight is 530 g/mol. The third-order valence-electron chi connectivity index (χ3n) is 5.15. The molecule has 0 radical (unpaired) electrons. The van der Waals surface area contributed by atoms with Crippen molar-refractivity contribution >= 4 is 50.5 Å². The van der Waals surface area contributed by atoms with Crippen LogP contribution in [0.3, 0.4) is 0 Å². The first-order valence-electron chi connectivity index (χ1n) is 11.0. The van der Waals surface area contributed by atoms with Crippen LogP contribution in [0.2, 0.25) is 0 Å². The number of ether oxygens (including phenoxy) is 1. The average Bonchev–Trinajstić information content (AvgIpc) is 2.87. The molecule has 0 aliphatic carbocycles. The van der Waals surface area contributed by atoms with E-state index in [1.807, 2.05) is 73.7 Å². The highest BCUT2D eigenvalue weighted by Crippen LogP contribution is 2.23. The van der Waals surface area contributed by atoms with Crippen molar-refractivity contribution in [1.29, 1.82) is 0 Å². The summed E-state index contributed by atoms with van der Waals surface area (Å²) in [7, 11) is 0. The molecule has 0 spiro atoms. The molecule has 0 fully saturated rings. The quantitative estimate of drug-likeness (QED) is 0.235. The van der Waals surface area contributed by atoms with Crippen molar-refractivity contribution in [1.82, 2.24) is 0 Å². The van der Waals surface area contributed by atoms with Crippen molar-refractivity contribution in [2.45, 2.75) is 6.92 Å². The van der Waals surface area contributed by atoms with E-state index in [9.17, 15) is 9.59 Å². The summed E-state index contributed by atoms with van der Waals surface area (Å²) in [6, 6.07) is 29.6. The van der Waals surface area contributed by atoms with Crippen LogP contribution in [0.15, 0.2) is 102 Å². The van der Waals surface area contributed by atoms with Gasteiger partial charge in [-0.3, -0.25) is 9.59 Å². The maximum Gasteiger partial charge on any atom is 0.262 e. The number of hydrogen-bond acceptors (Lipinski definition) is 4. The summed E-state index contributed by atoms with van der Waals surface area (Å²) < 4.78 is 6.56. The summed E-state index contributed by atoms with van der Waals surface area (Å²) in [5, 5.41) is 8.95. The molecule has 4 rings (SSSR count). The highest BCUT2D eigenvalue weighted by atomic mass is 79.9. The number of rotatable bonds is 8. The molecule has 0 aromatic heterocycles. The van der Waals surface area contributed by atoms with Gasteiger partial charge in [-0.15, -0.1) is 0 Å². The van der Waals surface area contributed by atoms with E-state index in [-0.39, 0.29) is 18.4 Å². The number of benzene rings is 4. The molecule has 0 saturated carbocycles. The number of aryl methyl sites for hydroxylation is 1. The largest absolute Gasteiger partial charge is 0.484 e. The highest BCUT2D eigenvalue weighted by molar-refractivity contribution is 9.10. The molecule has 0 bridgehead atoms. The molecular formula is C28H24BrN3O3. The third kappa shape index (κ3) is 6.71. The minimum absolute atomic E-state index is 0.174. The predicted molar refractivity (Wildman–Crippen MR) is 144 cm³/mol. The zero-order valence-corrected chi connectivity index (χ0v) is 20.6. The van der Waals surface area contributed by atoms with Crippen LogP contribution in [0.1, 0.15) is 15.9 Å². The zero-order valence-electron chi connectivity index (χ0n) is 19.0. The van der Waals surface area contributed by atoms with Crippen molar-refractivity contribution in [2.24, 2.45) is 0 Å². The maximum absolute atomic E-state index is 12.9. The van der Waals surface area contributed by atoms with Crippen molar-refractivity contribution in [3.8, 4) is 5.75 Å². The molecule has 7 heteroatoms. The van der Waals surface area contributed by atoms with E-state index in [0.29, 0.717) is 22.7 Å². The first-order valence-corrected chi connectivity index (χ1v) is 11.8. The topological polar surface area (TPSA) is 79.5 Å². The number of anilines is 4. The first kappa shape index (κ1) is 24.0. The number of halogens is 1. The number of para-hydroxylation sites is 2. The van der Waals surface area contributed by atoms with Gasteiger partial charge in [0.2, 0.25) is 0 Å². The smallest absolute Gasteiger partial charge is 0.262 e. The highest BCUT2D eigenvalue weighted by Gasteiger charge is 2.14. The number of nitrogens with one attached hydrogen (secondary N) is 3. The van der Waals surface area contributed by atoms with Crippen LogP contribution in [-0.4, -0.2) is 18.4 Å². The van der Waals surface area contributed by atoms with Gasteiger partial charge in [-0.1, -0.05) is 46.3 Å². The van der Waals surface area contributed by atoms with Crippen molar-refractivity contribution < 1.29 is 14.3 Å². The van der Waals surface area contributed by atoms with Gasteiger partial charge in [0, 0.05) is 21.5 Å². The molecule has 4 aromatic carbocycles. The Morgan fingerprint density at radius 3 is 2.17 bits per heavy atom. The summed E-state index contributed by atoms with van der Waals surface area (Å²) in [5.74, 6) is -0.0895. The summed E-state index contributed by atoms with van der Waals surface area (Å²) >= 11 is 3.44. The van der Waals surface area contributed by atoms with Crippen LogP contribution >= 0.6 is 15.9 Å². The lowest BCUT2D eigenvalue weighted by Crippen LogP contribution is -2.22. The second kappa shape index (κ2) is 11.4. The van der Waals surface area contributed by atoms with E-state index in [1.165, 1.54) is 0 Å². The Kier molecular flexibility index (Phi) is 7.80. The van der Waals surface area contributed by atoms with E-state index in [2.05, 4.69) is 31.9 Å². The standard InChI is InChI=1S/C28H24BrN3O3/c1-19-17-23(15-16-25(19)29)35-18-27(33)32-26-10-6-5-9-24(26)28(34)31-22-13-11-21(12-14-22)30-20-7-3-2-4-8-20/h2-17,30H,18H2,1H3,(H,31,34)(H,32,33). The van der Waals surface area contributed by atoms with Gasteiger partial charge in [0.25, 0.3) is 11.8 Å². The van der Waals surface area contributed by atoms with E-state index in [0.717, 1.165) is 21.4 Å². The van der Waals surface area contributed by atoms with E-state index >= 15 is 0 Å². The fraction of sp³-hybridized carbons (Fsp3) is 0.0714. The van der Waals surface area contributed by atoms with Gasteiger partial charge in [-0.05, 0) is 79.2 Å². The minimum atomic E-state index is -0.359. The Morgan fingerprint density at radius 1 is 0.771 bits per heavy atom. The van der Waals surface area contributed by atoms with Crippen LogP contribution in [-0.2, 0) is 4.79 Å². The normalized spacial score (nSPS) is 10.3. The van der Waals surface area contributed by atoms with Crippen LogP contribution in [0, 0.1) is 6.92 Å². The molecule has 2 amide bonds. The summed E-state index contributed by atoms with van der Waals surface area (Å²) in [6.45, 7) is 1.77. The molecule has 35 heavy (non-hydrogen) atoms. The molecule has 0 atom stereocenters. The molecular weight excluding hydrogens is 506 g/mol. The molecule has 0 aliphatic heterocycles. The van der Waals surface area contributed by atoms with Gasteiger partial charge >= 0.3 is 0 Å². The molecule has 0 heterocycles. The van der Waals surface area contributed by atoms with Gasteiger partial charge in [0.15, 0.2) is 6.61 Å². The molecule has 3 N–H and O–H groups in total. The van der Waals surface area contributed by atoms with Crippen molar-refractivity contribution in [3.63, 3.8) is 0 Å². The minimum Gasteiger partial charge on any atom is -0.484 e. The fourth-order valence-electron chi connectivity index (χ4n) is 3.36. The second-order valence-corrected chi connectivity index (χ2v) is 8.67. The Bertz CT molecular complexity index is 1330. The van der Waals surface area contributed by atoms with Crippen LogP contribution in [0.25, 0.3) is 0 Å². The zero-order chi connectivity index (χ0) is 24.6. The maximum atomic E-state index is 12.9. The van der Waals surface area contributed by atoms with Gasteiger partial charge in [0.1, 0.15) is 5.75 Å². The number of carbonyl (C=O) groups excluding carboxylic acids is 2. The second-order valence-electron chi connectivity index (χ2n) is 7.82. The third-order valence-corrected chi connectivity index (χ3v) is 6.04. The first-order chi connectivity index (χ1) is 17.0. The van der Waals surface area contributed by atoms with Crippen molar-refractivity contribution in [2.75, 3.05) is 22.6 Å². The summed E-state index contributed by atoms with van der Waals surface area (Å²) in [6.07, 6.45) is 0. The lowest BCUT2D eigenvalue weighted by Gasteiger charge is -2.13. The Hall–Kier alpha value is -4.10. The lowest BCUT2D eigenvalue weighted by molar-refractivity contribution is -0.118. The Balaban J connectivity index is 1.36. The number of hydrogen-bond donors (Lipinski definition) is 3. The predicted octanol–water partition coefficient (Wildman–Crippen LogP) is 6.77. The van der Waals surface area contributed by atoms with Crippen LogP contribution < -0.4 is 20.7 Å². The van der Waals surface area contributed by atoms with Gasteiger partial charge in [-0.25, -0.2) is 0 Å². The van der Waals surface area contributed by atoms with E-state index in [1.54, 1.807) is 30.3 Å². The Morgan fingerprint density at radius 2 is 1.43 bits per heavy atom. The van der Waals surface area contributed by atoms with Crippen molar-refractivity contribution in [3.05, 3.63) is 113 Å². The molecule has 4 aromatic rings. The molecule has 0 aliphatic rings. The summed E-state index contributed by atoms with van der Waals surface area (Å²) in [4.78, 5) is 25.4. The molecule has 0 saturated heterocycles. The fourth-order valence-corrected chi connectivity index (χ4v) is 3.60. The molecule has 176 valence electrons. The van der Waals surface area contributed by atoms with Gasteiger partial charge < -0.3 is 20.7 Å². The van der Waals surface area contributed by atoms with Crippen LogP contribution in [0.5, 0.6) is 5.75 Å². The van der Waals surface area contributed by atoms with E-state index in [4.69, 9.17) is 4.74 Å². The van der Waals surface area contributed by atoms with Crippen LogP contribution in [0.4, 0.5) is 22.7 Å². The monoisotopic (exact) mass is 529 g/mol. The SMILES string of the molecule is Cc1cc(OCC(=O)Nc2ccccc2C(=O)Nc2ccc(Nc3ccccc3)cc2)ccc1Br. The van der Waals surface area contributed by atoms with Gasteiger partial charge in [-0.2, -0.15) is 0 Å². The lowest BCUT2D eigenvalue weighted by atomic mass is 10.1. The van der Waals surface area contributed by atoms with Gasteiger partial charge in [0.05, 0.1) is 11.3 Å². The van der Waals surface area contributed by atoms with E-state index < -0.39 is 0 Å². The number of carbonyl (C=O) groups is 2. The molecule has 0 unspecified atom stereocenters. The summed E-state index contributed by atoms with van der Waals surface area (Å²) in [5.41, 5.74) is 4.30. The number of amides is 2.